The zero-order valence-corrected chi connectivity index (χ0v) is 10.7. The second kappa shape index (κ2) is 4.37. The fourth-order valence-corrected chi connectivity index (χ4v) is 1.95. The second-order valence-electron chi connectivity index (χ2n) is 3.99. The Morgan fingerprint density at radius 2 is 2.18 bits per heavy atom. The number of hydrogen-bond acceptors (Lipinski definition) is 3. The summed E-state index contributed by atoms with van der Waals surface area (Å²) in [6.07, 6.45) is 0.214. The molecule has 17 heavy (non-hydrogen) atoms. The maximum atomic E-state index is 12.0. The van der Waals surface area contributed by atoms with Gasteiger partial charge < -0.3 is 4.42 Å². The van der Waals surface area contributed by atoms with Crippen LogP contribution < -0.4 is 0 Å². The second-order valence-corrected chi connectivity index (χ2v) is 4.35. The molecule has 0 unspecified atom stereocenters. The van der Waals surface area contributed by atoms with E-state index < -0.39 is 0 Å². The van der Waals surface area contributed by atoms with Gasteiger partial charge in [0.2, 0.25) is 5.78 Å². The van der Waals surface area contributed by atoms with Gasteiger partial charge in [0.15, 0.2) is 5.76 Å². The number of Topliss-reactive ketones (excluding diaryl/α,β-unsaturated/α-hetero) is 1. The van der Waals surface area contributed by atoms with Crippen molar-refractivity contribution >= 4 is 17.4 Å². The molecule has 2 heterocycles. The molecule has 0 atom stereocenters. The Labute approximate surface area is 104 Å². The lowest BCUT2D eigenvalue weighted by Crippen LogP contribution is -2.03. The van der Waals surface area contributed by atoms with Crippen LogP contribution in [0.4, 0.5) is 0 Å². The molecule has 0 bridgehead atoms. The number of aryl methyl sites for hydroxylation is 3. The molecule has 0 spiro atoms. The molecule has 0 fully saturated rings. The van der Waals surface area contributed by atoms with E-state index >= 15 is 0 Å². The topological polar surface area (TPSA) is 48.0 Å². The van der Waals surface area contributed by atoms with Gasteiger partial charge in [0.1, 0.15) is 10.9 Å². The van der Waals surface area contributed by atoms with Crippen LogP contribution in [0.3, 0.4) is 0 Å². The minimum absolute atomic E-state index is 0.0869. The third kappa shape index (κ3) is 2.26. The fourth-order valence-electron chi connectivity index (χ4n) is 1.71. The van der Waals surface area contributed by atoms with E-state index in [0.717, 1.165) is 17.0 Å². The highest BCUT2D eigenvalue weighted by Crippen LogP contribution is 2.21. The molecule has 0 aliphatic rings. The van der Waals surface area contributed by atoms with E-state index in [4.69, 9.17) is 16.0 Å². The molecule has 2 aromatic heterocycles. The van der Waals surface area contributed by atoms with Crippen molar-refractivity contribution in [2.45, 2.75) is 20.3 Å². The van der Waals surface area contributed by atoms with Gasteiger partial charge in [-0.15, -0.1) is 0 Å². The smallest absolute Gasteiger partial charge is 0.202 e. The predicted molar refractivity (Wildman–Crippen MR) is 64.4 cm³/mol. The minimum Gasteiger partial charge on any atom is -0.458 e. The molecule has 2 rings (SSSR count). The maximum absolute atomic E-state index is 12.0. The van der Waals surface area contributed by atoms with Crippen molar-refractivity contribution in [1.82, 2.24) is 9.78 Å². The number of rotatable bonds is 3. The van der Waals surface area contributed by atoms with Crippen LogP contribution in [0.15, 0.2) is 16.5 Å². The first-order valence-electron chi connectivity index (χ1n) is 5.26. The number of aromatic nitrogens is 2. The molecular formula is C12H13ClN2O2. The summed E-state index contributed by atoms with van der Waals surface area (Å²) in [6.45, 7) is 3.64. The summed E-state index contributed by atoms with van der Waals surface area (Å²) in [7, 11) is 1.75. The summed E-state index contributed by atoms with van der Waals surface area (Å²) in [5, 5.41) is 4.66. The van der Waals surface area contributed by atoms with Crippen molar-refractivity contribution in [2.24, 2.45) is 7.05 Å². The van der Waals surface area contributed by atoms with Gasteiger partial charge in [0, 0.05) is 19.0 Å². The highest BCUT2D eigenvalue weighted by Gasteiger charge is 2.17. The average molecular weight is 253 g/mol. The summed E-state index contributed by atoms with van der Waals surface area (Å²) < 4.78 is 6.85. The lowest BCUT2D eigenvalue weighted by molar-refractivity contribution is 0.0965. The number of furan rings is 1. The molecule has 0 N–H and O–H groups in total. The van der Waals surface area contributed by atoms with Gasteiger partial charge in [-0.1, -0.05) is 11.6 Å². The van der Waals surface area contributed by atoms with Crippen molar-refractivity contribution in [3.8, 4) is 0 Å². The first kappa shape index (κ1) is 11.9. The summed E-state index contributed by atoms with van der Waals surface area (Å²) in [6, 6.07) is 3.45. The highest BCUT2D eigenvalue weighted by molar-refractivity contribution is 6.30. The molecule has 0 aliphatic heterocycles. The summed E-state index contributed by atoms with van der Waals surface area (Å²) >= 11 is 6.07. The molecule has 0 aliphatic carbocycles. The van der Waals surface area contributed by atoms with Crippen LogP contribution >= 0.6 is 11.6 Å². The Bertz CT molecular complexity index is 569. The van der Waals surface area contributed by atoms with Crippen molar-refractivity contribution in [2.75, 3.05) is 0 Å². The number of ketones is 1. The van der Waals surface area contributed by atoms with E-state index in [9.17, 15) is 4.79 Å². The van der Waals surface area contributed by atoms with Gasteiger partial charge in [-0.3, -0.25) is 9.48 Å². The lowest BCUT2D eigenvalue weighted by atomic mass is 10.1. The van der Waals surface area contributed by atoms with Crippen LogP contribution in [-0.2, 0) is 13.5 Å². The fraction of sp³-hybridized carbons (Fsp3) is 0.333. The normalized spacial score (nSPS) is 10.8. The van der Waals surface area contributed by atoms with Gasteiger partial charge in [-0.2, -0.15) is 5.10 Å². The maximum Gasteiger partial charge on any atom is 0.202 e. The van der Waals surface area contributed by atoms with Crippen molar-refractivity contribution in [3.05, 3.63) is 40.1 Å². The number of carbonyl (C=O) groups excluding carboxylic acids is 1. The minimum atomic E-state index is -0.0869. The third-order valence-electron chi connectivity index (χ3n) is 2.62. The summed E-state index contributed by atoms with van der Waals surface area (Å²) in [4.78, 5) is 12.0. The number of nitrogens with zero attached hydrogens (tertiary/aromatic N) is 2. The SMILES string of the molecule is Cc1ccc(C(=O)Cc2c(C)nn(C)c2Cl)o1. The van der Waals surface area contributed by atoms with Crippen molar-refractivity contribution in [3.63, 3.8) is 0 Å². The Hall–Kier alpha value is -1.55. The summed E-state index contributed by atoms with van der Waals surface area (Å²) in [5.41, 5.74) is 1.53. The monoisotopic (exact) mass is 252 g/mol. The Kier molecular flexibility index (Phi) is 3.07. The van der Waals surface area contributed by atoms with Crippen LogP contribution in [0.5, 0.6) is 0 Å². The van der Waals surface area contributed by atoms with E-state index in [1.165, 1.54) is 0 Å². The van der Waals surface area contributed by atoms with Gasteiger partial charge in [0.25, 0.3) is 0 Å². The van der Waals surface area contributed by atoms with E-state index in [1.807, 2.05) is 6.92 Å². The van der Waals surface area contributed by atoms with Crippen molar-refractivity contribution < 1.29 is 9.21 Å². The molecule has 4 nitrogen and oxygen atoms in total. The van der Waals surface area contributed by atoms with Crippen LogP contribution in [0.2, 0.25) is 5.15 Å². The van der Waals surface area contributed by atoms with Gasteiger partial charge in [-0.05, 0) is 26.0 Å². The highest BCUT2D eigenvalue weighted by atomic mass is 35.5. The molecule has 5 heteroatoms. The Morgan fingerprint density at radius 3 is 2.65 bits per heavy atom. The third-order valence-corrected chi connectivity index (χ3v) is 3.10. The zero-order chi connectivity index (χ0) is 12.6. The summed E-state index contributed by atoms with van der Waals surface area (Å²) in [5.74, 6) is 1.00. The first-order valence-corrected chi connectivity index (χ1v) is 5.64. The molecule has 90 valence electrons. The van der Waals surface area contributed by atoms with E-state index in [-0.39, 0.29) is 12.2 Å². The largest absolute Gasteiger partial charge is 0.458 e. The molecule has 2 aromatic rings. The van der Waals surface area contributed by atoms with E-state index in [2.05, 4.69) is 5.10 Å². The van der Waals surface area contributed by atoms with E-state index in [1.54, 1.807) is 30.8 Å². The number of carbonyl (C=O) groups is 1. The first-order chi connectivity index (χ1) is 7.99. The standard InChI is InChI=1S/C12H13ClN2O2/c1-7-4-5-11(17-7)10(16)6-9-8(2)14-15(3)12(9)13/h4-5H,6H2,1-3H3. The molecule has 0 radical (unpaired) electrons. The average Bonchev–Trinajstić information content (AvgIpc) is 2.79. The predicted octanol–water partition coefficient (Wildman–Crippen LogP) is 2.71. The Balaban J connectivity index is 2.24. The molecule has 0 saturated carbocycles. The molecule has 0 saturated heterocycles. The quantitative estimate of drug-likeness (QED) is 0.789. The van der Waals surface area contributed by atoms with Gasteiger partial charge >= 0.3 is 0 Å². The van der Waals surface area contributed by atoms with Crippen LogP contribution in [-0.4, -0.2) is 15.6 Å². The lowest BCUT2D eigenvalue weighted by Gasteiger charge is -1.98. The number of hydrogen-bond donors (Lipinski definition) is 0. The van der Waals surface area contributed by atoms with Gasteiger partial charge in [0.05, 0.1) is 5.69 Å². The van der Waals surface area contributed by atoms with Crippen molar-refractivity contribution in [1.29, 1.82) is 0 Å². The van der Waals surface area contributed by atoms with Crippen LogP contribution in [0.25, 0.3) is 0 Å². The Morgan fingerprint density at radius 1 is 1.47 bits per heavy atom. The van der Waals surface area contributed by atoms with Gasteiger partial charge in [-0.25, -0.2) is 0 Å². The zero-order valence-electron chi connectivity index (χ0n) is 9.95. The number of halogens is 1. The molecular weight excluding hydrogens is 240 g/mol. The van der Waals surface area contributed by atoms with Crippen LogP contribution in [0, 0.1) is 13.8 Å². The van der Waals surface area contributed by atoms with Crippen LogP contribution in [0.1, 0.15) is 27.6 Å². The molecule has 0 aromatic carbocycles. The molecule has 0 amide bonds. The van der Waals surface area contributed by atoms with E-state index in [0.29, 0.717) is 10.9 Å².